The van der Waals surface area contributed by atoms with Crippen LogP contribution in [0.15, 0.2) is 90.1 Å². The predicted octanol–water partition coefficient (Wildman–Crippen LogP) is 7.30. The number of aromatic amines is 1. The molecule has 4 aliphatic rings. The summed E-state index contributed by atoms with van der Waals surface area (Å²) in [7, 11) is -4.55. The number of anilines is 2. The van der Waals surface area contributed by atoms with E-state index in [2.05, 4.69) is 41.9 Å². The Morgan fingerprint density at radius 2 is 1.82 bits per heavy atom. The first-order valence-electron chi connectivity index (χ1n) is 21.2. The van der Waals surface area contributed by atoms with E-state index in [0.29, 0.717) is 43.2 Å². The summed E-state index contributed by atoms with van der Waals surface area (Å²) in [5.41, 5.74) is 3.81. The second-order valence-corrected chi connectivity index (χ2v) is 18.7. The van der Waals surface area contributed by atoms with E-state index in [4.69, 9.17) is 9.47 Å². The maximum absolute atomic E-state index is 13.9. The van der Waals surface area contributed by atoms with E-state index in [1.807, 2.05) is 18.2 Å². The molecule has 3 aromatic carbocycles. The molecule has 0 bridgehead atoms. The molecule has 2 aromatic heterocycles. The highest BCUT2D eigenvalue weighted by atomic mass is 32.2. The van der Waals surface area contributed by atoms with Crippen molar-refractivity contribution >= 4 is 44.0 Å². The Hall–Kier alpha value is -5.55. The van der Waals surface area contributed by atoms with Crippen LogP contribution in [0.2, 0.25) is 0 Å². The molecule has 15 nitrogen and oxygen atoms in total. The number of H-pyrrole nitrogens is 1. The van der Waals surface area contributed by atoms with Crippen LogP contribution >= 0.6 is 0 Å². The molecule has 9 rings (SSSR count). The molecule has 5 aromatic rings. The Balaban J connectivity index is 0.905. The van der Waals surface area contributed by atoms with Gasteiger partial charge in [0.1, 0.15) is 22.8 Å². The van der Waals surface area contributed by atoms with Gasteiger partial charge in [-0.15, -0.1) is 0 Å². The molecule has 0 radical (unpaired) electrons. The average Bonchev–Trinajstić information content (AvgIpc) is 3.95. The van der Waals surface area contributed by atoms with Gasteiger partial charge >= 0.3 is 0 Å². The zero-order valence-corrected chi connectivity index (χ0v) is 34.7. The molecule has 1 atom stereocenters. The van der Waals surface area contributed by atoms with Crippen molar-refractivity contribution in [2.75, 3.05) is 49.6 Å². The van der Waals surface area contributed by atoms with Gasteiger partial charge in [0, 0.05) is 74.3 Å². The number of piperidine rings is 1. The summed E-state index contributed by atoms with van der Waals surface area (Å²) in [5.74, 6) is -0.159. The largest absolute Gasteiger partial charge is 0.455 e. The molecule has 1 amide bonds. The third-order valence-electron chi connectivity index (χ3n) is 13.3. The molecule has 1 spiro atoms. The number of benzene rings is 3. The van der Waals surface area contributed by atoms with Crippen LogP contribution in [-0.2, 0) is 21.4 Å². The van der Waals surface area contributed by atoms with Gasteiger partial charge < -0.3 is 29.8 Å². The van der Waals surface area contributed by atoms with Gasteiger partial charge in [0.05, 0.1) is 28.2 Å². The highest BCUT2D eigenvalue weighted by molar-refractivity contribution is 7.90. The number of nitro benzene ring substituents is 1. The number of aliphatic hydroxyl groups is 1. The van der Waals surface area contributed by atoms with Gasteiger partial charge in [-0.2, -0.15) is 0 Å². The zero-order valence-electron chi connectivity index (χ0n) is 33.9. The summed E-state index contributed by atoms with van der Waals surface area (Å²) < 4.78 is 41.2. The van der Waals surface area contributed by atoms with Crippen molar-refractivity contribution in [3.8, 4) is 11.5 Å². The van der Waals surface area contributed by atoms with Crippen molar-refractivity contribution in [1.82, 2.24) is 19.6 Å². The fraction of sp³-hybridized carbons (Fsp3) is 0.422. The van der Waals surface area contributed by atoms with Crippen molar-refractivity contribution in [2.24, 2.45) is 11.3 Å². The third kappa shape index (κ3) is 8.54. The minimum Gasteiger partial charge on any atom is -0.455 e. The smallest absolute Gasteiger partial charge is 0.293 e. The summed E-state index contributed by atoms with van der Waals surface area (Å²) in [6.45, 7) is 4.51. The van der Waals surface area contributed by atoms with Gasteiger partial charge in [-0.1, -0.05) is 24.3 Å². The van der Waals surface area contributed by atoms with Gasteiger partial charge in [0.2, 0.25) is 0 Å². The quantitative estimate of drug-likeness (QED) is 0.0684. The second-order valence-electron chi connectivity index (χ2n) is 17.0. The molecule has 1 aliphatic carbocycles. The van der Waals surface area contributed by atoms with Crippen molar-refractivity contribution < 1.29 is 32.7 Å². The Morgan fingerprint density at radius 1 is 1.02 bits per heavy atom. The van der Waals surface area contributed by atoms with Gasteiger partial charge in [-0.05, 0) is 117 Å². The van der Waals surface area contributed by atoms with Crippen molar-refractivity contribution in [3.05, 3.63) is 112 Å². The third-order valence-corrected chi connectivity index (χ3v) is 14.6. The van der Waals surface area contributed by atoms with Crippen molar-refractivity contribution in [1.29, 1.82) is 0 Å². The molecule has 1 unspecified atom stereocenters. The van der Waals surface area contributed by atoms with Gasteiger partial charge in [-0.3, -0.25) is 19.8 Å². The number of nitro groups is 1. The molecule has 4 fully saturated rings. The van der Waals surface area contributed by atoms with Gasteiger partial charge in [0.25, 0.3) is 21.6 Å². The summed E-state index contributed by atoms with van der Waals surface area (Å²) in [6, 6.07) is 21.5. The second kappa shape index (κ2) is 17.1. The molecule has 4 N–H and O–H groups in total. The summed E-state index contributed by atoms with van der Waals surface area (Å²) in [4.78, 5) is 37.4. The number of aliphatic hydroxyl groups excluding tert-OH is 1. The first kappa shape index (κ1) is 40.8. The lowest BCUT2D eigenvalue weighted by Gasteiger charge is -2.56. The highest BCUT2D eigenvalue weighted by Gasteiger charge is 2.50. The minimum atomic E-state index is -4.55. The van der Waals surface area contributed by atoms with E-state index in [1.165, 1.54) is 23.9 Å². The van der Waals surface area contributed by atoms with E-state index in [-0.39, 0.29) is 34.9 Å². The van der Waals surface area contributed by atoms with Crippen molar-refractivity contribution in [2.45, 2.75) is 75.0 Å². The molecular formula is C45H51N7O8S. The topological polar surface area (TPSA) is 192 Å². The molecule has 5 heterocycles. The van der Waals surface area contributed by atoms with Gasteiger partial charge in [-0.25, -0.2) is 18.1 Å². The standard InChI is InChI=1S/C45H51N7O8S/c53-29-32-4-1-2-5-37(32)40-6-3-17-51(40)34-25-45(26-34)14-18-50(19-15-45)33-7-9-38(42(23-33)60-35-22-31-11-16-46-43(31)48-28-35)44(54)49-61(57,58)36-8-10-39(41(24-36)52(55)56)47-27-30-12-20-59-21-13-30/h1-2,4-5,7-11,16,22-24,28,30,34,40,47,53H,3,6,12-15,17-21,25-27,29H2,(H,46,48)(H,49,54). The SMILES string of the molecule is O=C(NS(=O)(=O)c1ccc(NCC2CCOCC2)c([N+](=O)[O-])c1)c1ccc(N2CCC3(CC2)CC(N2CCCC2c2ccccc2CO)C3)cc1Oc1cnc2[nH]ccc2c1. The first-order chi connectivity index (χ1) is 29.6. The number of rotatable bonds is 13. The molecule has 16 heteroatoms. The van der Waals surface area contributed by atoms with E-state index >= 15 is 0 Å². The number of nitrogens with one attached hydrogen (secondary N) is 3. The first-order valence-corrected chi connectivity index (χ1v) is 22.7. The molecule has 1 saturated carbocycles. The van der Waals surface area contributed by atoms with E-state index in [1.54, 1.807) is 30.5 Å². The summed E-state index contributed by atoms with van der Waals surface area (Å²) in [5, 5.41) is 26.0. The fourth-order valence-corrected chi connectivity index (χ4v) is 10.9. The lowest BCUT2D eigenvalue weighted by atomic mass is 9.59. The maximum Gasteiger partial charge on any atom is 0.293 e. The van der Waals surface area contributed by atoms with Crippen LogP contribution in [0.1, 0.15) is 78.9 Å². The average molecular weight is 850 g/mol. The van der Waals surface area contributed by atoms with Crippen LogP contribution in [0.5, 0.6) is 11.5 Å². The number of ether oxygens (including phenoxy) is 2. The zero-order chi connectivity index (χ0) is 42.1. The van der Waals surface area contributed by atoms with E-state index in [9.17, 15) is 28.4 Å². The Morgan fingerprint density at radius 3 is 2.61 bits per heavy atom. The molecule has 3 saturated heterocycles. The van der Waals surface area contributed by atoms with Crippen LogP contribution in [0.4, 0.5) is 17.1 Å². The number of carbonyl (C=O) groups is 1. The monoisotopic (exact) mass is 849 g/mol. The number of carbonyl (C=O) groups excluding carboxylic acids is 1. The normalized spacial score (nSPS) is 19.8. The molecule has 320 valence electrons. The fourth-order valence-electron chi connectivity index (χ4n) is 9.89. The van der Waals surface area contributed by atoms with E-state index in [0.717, 1.165) is 93.7 Å². The molecule has 3 aliphatic heterocycles. The molecule has 61 heavy (non-hydrogen) atoms. The van der Waals surface area contributed by atoms with Gasteiger partial charge in [0.15, 0.2) is 0 Å². The molecular weight excluding hydrogens is 799 g/mol. The highest BCUT2D eigenvalue weighted by Crippen LogP contribution is 2.54. The Labute approximate surface area is 354 Å². The number of sulfonamides is 1. The van der Waals surface area contributed by atoms with Crippen LogP contribution in [0, 0.1) is 21.4 Å². The number of likely N-dealkylation sites (tertiary alicyclic amines) is 1. The summed E-state index contributed by atoms with van der Waals surface area (Å²) in [6.07, 6.45) is 11.6. The Kier molecular flexibility index (Phi) is 11.4. The summed E-state index contributed by atoms with van der Waals surface area (Å²) >= 11 is 0. The number of nitrogens with zero attached hydrogens (tertiary/aromatic N) is 4. The number of aromatic nitrogens is 2. The van der Waals surface area contributed by atoms with Crippen LogP contribution in [0.3, 0.4) is 0 Å². The number of amides is 1. The van der Waals surface area contributed by atoms with Crippen LogP contribution in [0.25, 0.3) is 11.0 Å². The van der Waals surface area contributed by atoms with E-state index < -0.39 is 31.4 Å². The predicted molar refractivity (Wildman–Crippen MR) is 230 cm³/mol. The number of hydrogen-bond acceptors (Lipinski definition) is 12. The Bertz CT molecular complexity index is 2530. The number of hydrogen-bond donors (Lipinski definition) is 4. The van der Waals surface area contributed by atoms with Crippen molar-refractivity contribution in [3.63, 3.8) is 0 Å². The van der Waals surface area contributed by atoms with Crippen LogP contribution in [-0.4, -0.2) is 84.7 Å². The lowest BCUT2D eigenvalue weighted by Crippen LogP contribution is -2.54. The number of fused-ring (bicyclic) bond motifs is 1. The minimum absolute atomic E-state index is 0.0241. The lowest BCUT2D eigenvalue weighted by molar-refractivity contribution is -0.384. The van der Waals surface area contributed by atoms with Crippen LogP contribution < -0.4 is 19.7 Å². The number of pyridine rings is 1. The maximum atomic E-state index is 13.9.